The highest BCUT2D eigenvalue weighted by Gasteiger charge is 2.14. The molecule has 1 amide bonds. The predicted octanol–water partition coefficient (Wildman–Crippen LogP) is 3.16. The number of carbonyl (C=O) groups excluding carboxylic acids is 1. The summed E-state index contributed by atoms with van der Waals surface area (Å²) in [7, 11) is 1.82. The fourth-order valence-electron chi connectivity index (χ4n) is 1.65. The molecule has 0 saturated heterocycles. The number of aryl methyl sites for hydroxylation is 1. The Morgan fingerprint density at radius 3 is 2.71 bits per heavy atom. The Hall–Kier alpha value is -1.09. The molecule has 1 aromatic rings. The molecule has 0 bridgehead atoms. The van der Waals surface area contributed by atoms with Gasteiger partial charge in [0.1, 0.15) is 5.15 Å². The van der Waals surface area contributed by atoms with E-state index in [2.05, 4.69) is 18.8 Å². The molecule has 0 aliphatic carbocycles. The van der Waals surface area contributed by atoms with Crippen LogP contribution in [0.25, 0.3) is 0 Å². The maximum atomic E-state index is 12.1. The van der Waals surface area contributed by atoms with Crippen LogP contribution in [0.15, 0.2) is 12.1 Å². The van der Waals surface area contributed by atoms with Crippen molar-refractivity contribution in [2.24, 2.45) is 5.92 Å². The lowest BCUT2D eigenvalue weighted by Crippen LogP contribution is -2.31. The van der Waals surface area contributed by atoms with Crippen LogP contribution >= 0.6 is 11.6 Å². The molecule has 0 fully saturated rings. The zero-order valence-electron chi connectivity index (χ0n) is 10.8. The fraction of sp³-hybridized carbons (Fsp3) is 0.538. The topological polar surface area (TPSA) is 33.2 Å². The van der Waals surface area contributed by atoms with Crippen LogP contribution in [0.4, 0.5) is 0 Å². The molecule has 1 heterocycles. The number of nitrogens with zero attached hydrogens (tertiary/aromatic N) is 2. The molecule has 94 valence electrons. The lowest BCUT2D eigenvalue weighted by Gasteiger charge is -2.21. The largest absolute Gasteiger partial charge is 0.341 e. The van der Waals surface area contributed by atoms with Crippen molar-refractivity contribution in [1.82, 2.24) is 9.88 Å². The Morgan fingerprint density at radius 2 is 2.18 bits per heavy atom. The van der Waals surface area contributed by atoms with Gasteiger partial charge in [0.05, 0.1) is 0 Å². The first-order valence-corrected chi connectivity index (χ1v) is 6.21. The third kappa shape index (κ3) is 4.00. The molecule has 4 heteroatoms. The SMILES string of the molecule is CCC(C)CN(C)C(=O)c1cc(C)nc(Cl)c1. The van der Waals surface area contributed by atoms with E-state index >= 15 is 0 Å². The van der Waals surface area contributed by atoms with Crippen molar-refractivity contribution < 1.29 is 4.79 Å². The van der Waals surface area contributed by atoms with Crippen molar-refractivity contribution in [3.8, 4) is 0 Å². The van der Waals surface area contributed by atoms with Gasteiger partial charge >= 0.3 is 0 Å². The average Bonchev–Trinajstić information content (AvgIpc) is 2.26. The van der Waals surface area contributed by atoms with Crippen LogP contribution in [0.1, 0.15) is 36.3 Å². The molecule has 1 rings (SSSR count). The molecule has 0 saturated carbocycles. The van der Waals surface area contributed by atoms with Crippen molar-refractivity contribution in [2.75, 3.05) is 13.6 Å². The second kappa shape index (κ2) is 6.01. The van der Waals surface area contributed by atoms with Gasteiger partial charge in [-0.25, -0.2) is 4.98 Å². The van der Waals surface area contributed by atoms with Gasteiger partial charge in [-0.1, -0.05) is 31.9 Å². The zero-order valence-corrected chi connectivity index (χ0v) is 11.6. The van der Waals surface area contributed by atoms with Crippen molar-refractivity contribution >= 4 is 17.5 Å². The molecule has 0 N–H and O–H groups in total. The van der Waals surface area contributed by atoms with Crippen LogP contribution in [0.5, 0.6) is 0 Å². The predicted molar refractivity (Wildman–Crippen MR) is 70.4 cm³/mol. The first kappa shape index (κ1) is 14.0. The molecule has 17 heavy (non-hydrogen) atoms. The Balaban J connectivity index is 2.81. The van der Waals surface area contributed by atoms with Gasteiger partial charge in [-0.05, 0) is 25.0 Å². The summed E-state index contributed by atoms with van der Waals surface area (Å²) >= 11 is 5.85. The van der Waals surface area contributed by atoms with E-state index in [4.69, 9.17) is 11.6 Å². The molecule has 1 aromatic heterocycles. The molecular formula is C13H19ClN2O. The maximum Gasteiger partial charge on any atom is 0.253 e. The van der Waals surface area contributed by atoms with Crippen LogP contribution < -0.4 is 0 Å². The third-order valence-electron chi connectivity index (χ3n) is 2.80. The molecule has 0 aliphatic rings. The minimum absolute atomic E-state index is 0.00213. The quantitative estimate of drug-likeness (QED) is 0.774. The van der Waals surface area contributed by atoms with E-state index < -0.39 is 0 Å². The summed E-state index contributed by atoms with van der Waals surface area (Å²) in [6.07, 6.45) is 1.06. The van der Waals surface area contributed by atoms with Gasteiger partial charge < -0.3 is 4.90 Å². The number of rotatable bonds is 4. The molecule has 0 aliphatic heterocycles. The minimum atomic E-state index is -0.00213. The van der Waals surface area contributed by atoms with Crippen molar-refractivity contribution in [3.63, 3.8) is 0 Å². The molecule has 1 atom stereocenters. The number of hydrogen-bond donors (Lipinski definition) is 0. The summed E-state index contributed by atoms with van der Waals surface area (Å²) < 4.78 is 0. The fourth-order valence-corrected chi connectivity index (χ4v) is 1.90. The van der Waals surface area contributed by atoms with E-state index in [0.717, 1.165) is 18.7 Å². The Labute approximate surface area is 108 Å². The highest BCUT2D eigenvalue weighted by atomic mass is 35.5. The number of carbonyl (C=O) groups is 1. The summed E-state index contributed by atoms with van der Waals surface area (Å²) in [5.41, 5.74) is 1.37. The molecule has 0 spiro atoms. The van der Waals surface area contributed by atoms with Crippen molar-refractivity contribution in [2.45, 2.75) is 27.2 Å². The van der Waals surface area contributed by atoms with Gasteiger partial charge in [0.25, 0.3) is 5.91 Å². The zero-order chi connectivity index (χ0) is 13.0. The lowest BCUT2D eigenvalue weighted by atomic mass is 10.1. The Bertz CT molecular complexity index is 386. The van der Waals surface area contributed by atoms with E-state index in [0.29, 0.717) is 16.6 Å². The third-order valence-corrected chi connectivity index (χ3v) is 2.99. The standard InChI is InChI=1S/C13H19ClN2O/c1-5-9(2)8-16(4)13(17)11-6-10(3)15-12(14)7-11/h6-7,9H,5,8H2,1-4H3. The smallest absolute Gasteiger partial charge is 0.253 e. The Kier molecular flexibility index (Phi) is 4.94. The monoisotopic (exact) mass is 254 g/mol. The van der Waals surface area contributed by atoms with Crippen molar-refractivity contribution in [1.29, 1.82) is 0 Å². The number of pyridine rings is 1. The highest BCUT2D eigenvalue weighted by Crippen LogP contribution is 2.13. The van der Waals surface area contributed by atoms with Crippen LogP contribution in [-0.2, 0) is 0 Å². The number of hydrogen-bond acceptors (Lipinski definition) is 2. The maximum absolute atomic E-state index is 12.1. The van der Waals surface area contributed by atoms with Gasteiger partial charge in [-0.15, -0.1) is 0 Å². The van der Waals surface area contributed by atoms with E-state index in [1.54, 1.807) is 17.0 Å². The van der Waals surface area contributed by atoms with Crippen molar-refractivity contribution in [3.05, 3.63) is 28.5 Å². The summed E-state index contributed by atoms with van der Waals surface area (Å²) in [6.45, 7) is 6.84. The van der Waals surface area contributed by atoms with E-state index in [1.807, 2.05) is 14.0 Å². The summed E-state index contributed by atoms with van der Waals surface area (Å²) in [6, 6.07) is 3.38. The van der Waals surface area contributed by atoms with Crippen LogP contribution in [0.3, 0.4) is 0 Å². The first-order valence-electron chi connectivity index (χ1n) is 5.83. The van der Waals surface area contributed by atoms with Gasteiger partial charge in [0.2, 0.25) is 0 Å². The van der Waals surface area contributed by atoms with Gasteiger partial charge in [-0.3, -0.25) is 4.79 Å². The second-order valence-electron chi connectivity index (χ2n) is 4.52. The minimum Gasteiger partial charge on any atom is -0.341 e. The number of amides is 1. The van der Waals surface area contributed by atoms with Gasteiger partial charge in [-0.2, -0.15) is 0 Å². The second-order valence-corrected chi connectivity index (χ2v) is 4.91. The highest BCUT2D eigenvalue weighted by molar-refractivity contribution is 6.29. The van der Waals surface area contributed by atoms with E-state index in [9.17, 15) is 4.79 Å². The number of halogens is 1. The lowest BCUT2D eigenvalue weighted by molar-refractivity contribution is 0.0774. The number of aromatic nitrogens is 1. The molecule has 0 radical (unpaired) electrons. The Morgan fingerprint density at radius 1 is 1.53 bits per heavy atom. The van der Waals surface area contributed by atoms with Crippen LogP contribution in [-0.4, -0.2) is 29.4 Å². The molecule has 0 aromatic carbocycles. The van der Waals surface area contributed by atoms with E-state index in [1.165, 1.54) is 0 Å². The summed E-state index contributed by atoms with van der Waals surface area (Å²) in [5, 5.41) is 0.366. The van der Waals surface area contributed by atoms with Crippen LogP contribution in [0, 0.1) is 12.8 Å². The molecule has 1 unspecified atom stereocenters. The van der Waals surface area contributed by atoms with Crippen LogP contribution in [0.2, 0.25) is 5.15 Å². The molecule has 3 nitrogen and oxygen atoms in total. The first-order chi connectivity index (χ1) is 7.93. The van der Waals surface area contributed by atoms with Gasteiger partial charge in [0.15, 0.2) is 0 Å². The normalized spacial score (nSPS) is 12.3. The summed E-state index contributed by atoms with van der Waals surface area (Å²) in [4.78, 5) is 17.9. The average molecular weight is 255 g/mol. The van der Waals surface area contributed by atoms with Gasteiger partial charge in [0, 0.05) is 24.8 Å². The summed E-state index contributed by atoms with van der Waals surface area (Å²) in [5.74, 6) is 0.500. The van der Waals surface area contributed by atoms with E-state index in [-0.39, 0.29) is 5.91 Å². The molecular weight excluding hydrogens is 236 g/mol.